The second-order valence-electron chi connectivity index (χ2n) is 8.64. The van der Waals surface area contributed by atoms with Crippen molar-refractivity contribution in [3.63, 3.8) is 0 Å². The first kappa shape index (κ1) is 24.8. The maximum Gasteiger partial charge on any atom is 0.407 e. The van der Waals surface area contributed by atoms with Crippen molar-refractivity contribution in [3.8, 4) is 11.1 Å². The number of carbonyl (C=O) groups is 2. The number of hydrogen-bond acceptors (Lipinski definition) is 4. The molecule has 1 aliphatic rings. The first-order valence-electron chi connectivity index (χ1n) is 12.1. The third-order valence-corrected chi connectivity index (χ3v) is 6.26. The minimum Gasteiger partial charge on any atom is -0.480 e. The summed E-state index contributed by atoms with van der Waals surface area (Å²) in [6.07, 6.45) is 3.50. The minimum atomic E-state index is -0.763. The van der Waals surface area contributed by atoms with Crippen LogP contribution in [-0.2, 0) is 9.53 Å². The second-order valence-corrected chi connectivity index (χ2v) is 8.64. The summed E-state index contributed by atoms with van der Waals surface area (Å²) in [5, 5.41) is 12.4. The Bertz CT molecular complexity index is 878. The quantitative estimate of drug-likeness (QED) is 0.405. The van der Waals surface area contributed by atoms with Gasteiger partial charge in [-0.15, -0.1) is 0 Å². The SMILES string of the molecule is CCCN(CCC)C(CCCCNC(=O)OCC1c2ccccc2-c2ccccc21)C(=O)O. The van der Waals surface area contributed by atoms with E-state index in [0.29, 0.717) is 19.6 Å². The van der Waals surface area contributed by atoms with E-state index in [4.69, 9.17) is 4.74 Å². The van der Waals surface area contributed by atoms with Crippen molar-refractivity contribution in [2.75, 3.05) is 26.2 Å². The van der Waals surface area contributed by atoms with Gasteiger partial charge < -0.3 is 15.2 Å². The maximum absolute atomic E-state index is 12.3. The van der Waals surface area contributed by atoms with Crippen molar-refractivity contribution in [3.05, 3.63) is 59.7 Å². The lowest BCUT2D eigenvalue weighted by atomic mass is 9.98. The highest BCUT2D eigenvalue weighted by Gasteiger charge is 2.29. The van der Waals surface area contributed by atoms with E-state index in [0.717, 1.165) is 38.8 Å². The van der Waals surface area contributed by atoms with E-state index in [1.165, 1.54) is 22.3 Å². The molecule has 0 heterocycles. The molecule has 1 aliphatic carbocycles. The Morgan fingerprint density at radius 1 is 0.970 bits per heavy atom. The molecule has 0 saturated carbocycles. The predicted octanol–water partition coefficient (Wildman–Crippen LogP) is 5.27. The number of nitrogens with zero attached hydrogens (tertiary/aromatic N) is 1. The van der Waals surface area contributed by atoms with Gasteiger partial charge in [0.25, 0.3) is 0 Å². The van der Waals surface area contributed by atoms with Crippen molar-refractivity contribution in [1.29, 1.82) is 0 Å². The van der Waals surface area contributed by atoms with Gasteiger partial charge in [0.1, 0.15) is 12.6 Å². The molecule has 0 saturated heterocycles. The molecule has 1 unspecified atom stereocenters. The smallest absolute Gasteiger partial charge is 0.407 e. The Labute approximate surface area is 196 Å². The number of aliphatic carboxylic acids is 1. The third-order valence-electron chi connectivity index (χ3n) is 6.26. The monoisotopic (exact) mass is 452 g/mol. The van der Waals surface area contributed by atoms with Crippen LogP contribution >= 0.6 is 0 Å². The number of amides is 1. The van der Waals surface area contributed by atoms with E-state index in [1.54, 1.807) is 0 Å². The number of unbranched alkanes of at least 4 members (excludes halogenated alkanes) is 1. The molecule has 6 heteroatoms. The molecule has 1 amide bonds. The standard InChI is InChI=1S/C27H36N2O4/c1-3-17-29(18-4-2)25(26(30)31)15-9-10-16-28-27(32)33-19-24-22-13-7-5-11-20(22)21-12-6-8-14-23(21)24/h5-8,11-14,24-25H,3-4,9-10,15-19H2,1-2H3,(H,28,32)(H,30,31). The van der Waals surface area contributed by atoms with Gasteiger partial charge in [-0.25, -0.2) is 4.79 Å². The van der Waals surface area contributed by atoms with Crippen LogP contribution in [0.3, 0.4) is 0 Å². The third kappa shape index (κ3) is 6.35. The second kappa shape index (κ2) is 12.4. The van der Waals surface area contributed by atoms with E-state index in [1.807, 2.05) is 24.3 Å². The molecule has 2 N–H and O–H groups in total. The zero-order valence-corrected chi connectivity index (χ0v) is 19.8. The number of nitrogens with one attached hydrogen (secondary N) is 1. The average Bonchev–Trinajstić information content (AvgIpc) is 3.13. The summed E-state index contributed by atoms with van der Waals surface area (Å²) in [6, 6.07) is 16.1. The number of carboxylic acid groups (broad SMARTS) is 1. The number of rotatable bonds is 13. The van der Waals surface area contributed by atoms with Gasteiger partial charge in [-0.05, 0) is 67.4 Å². The molecule has 0 bridgehead atoms. The normalized spacial score (nSPS) is 13.4. The summed E-state index contributed by atoms with van der Waals surface area (Å²) >= 11 is 0. The van der Waals surface area contributed by atoms with Crippen LogP contribution < -0.4 is 5.32 Å². The van der Waals surface area contributed by atoms with Gasteiger partial charge in [0, 0.05) is 12.5 Å². The van der Waals surface area contributed by atoms with Crippen molar-refractivity contribution < 1.29 is 19.4 Å². The van der Waals surface area contributed by atoms with Crippen LogP contribution in [0.1, 0.15) is 63.0 Å². The van der Waals surface area contributed by atoms with E-state index < -0.39 is 18.1 Å². The highest BCUT2D eigenvalue weighted by Crippen LogP contribution is 2.44. The van der Waals surface area contributed by atoms with Gasteiger partial charge in [-0.2, -0.15) is 0 Å². The largest absolute Gasteiger partial charge is 0.480 e. The Balaban J connectivity index is 1.43. The van der Waals surface area contributed by atoms with Gasteiger partial charge in [-0.3, -0.25) is 9.69 Å². The number of carboxylic acids is 1. The van der Waals surface area contributed by atoms with Crippen molar-refractivity contribution >= 4 is 12.1 Å². The predicted molar refractivity (Wildman–Crippen MR) is 131 cm³/mol. The topological polar surface area (TPSA) is 78.9 Å². The van der Waals surface area contributed by atoms with Crippen molar-refractivity contribution in [2.45, 2.75) is 57.9 Å². The number of benzene rings is 2. The van der Waals surface area contributed by atoms with Crippen molar-refractivity contribution in [1.82, 2.24) is 10.2 Å². The number of hydrogen-bond donors (Lipinski definition) is 2. The van der Waals surface area contributed by atoms with E-state index >= 15 is 0 Å². The van der Waals surface area contributed by atoms with Crippen LogP contribution in [0.25, 0.3) is 11.1 Å². The van der Waals surface area contributed by atoms with Crippen molar-refractivity contribution in [2.24, 2.45) is 0 Å². The summed E-state index contributed by atoms with van der Waals surface area (Å²) in [5.74, 6) is -0.719. The van der Waals surface area contributed by atoms with Gasteiger partial charge in [0.2, 0.25) is 0 Å². The first-order valence-corrected chi connectivity index (χ1v) is 12.1. The fraction of sp³-hybridized carbons (Fsp3) is 0.481. The number of fused-ring (bicyclic) bond motifs is 3. The lowest BCUT2D eigenvalue weighted by Crippen LogP contribution is -2.42. The number of alkyl carbamates (subject to hydrolysis) is 1. The molecule has 2 aromatic rings. The minimum absolute atomic E-state index is 0.0441. The molecule has 6 nitrogen and oxygen atoms in total. The molecule has 3 rings (SSSR count). The Kier molecular flexibility index (Phi) is 9.31. The molecular weight excluding hydrogens is 416 g/mol. The lowest BCUT2D eigenvalue weighted by molar-refractivity contribution is -0.143. The summed E-state index contributed by atoms with van der Waals surface area (Å²) in [6.45, 7) is 6.50. The average molecular weight is 453 g/mol. The van der Waals surface area contributed by atoms with Gasteiger partial charge >= 0.3 is 12.1 Å². The van der Waals surface area contributed by atoms with Crippen LogP contribution in [0.2, 0.25) is 0 Å². The summed E-state index contributed by atoms with van der Waals surface area (Å²) in [4.78, 5) is 26.0. The summed E-state index contributed by atoms with van der Waals surface area (Å²) in [5.41, 5.74) is 4.79. The molecular formula is C27H36N2O4. The number of carbonyl (C=O) groups excluding carboxylic acids is 1. The van der Waals surface area contributed by atoms with Gasteiger partial charge in [-0.1, -0.05) is 62.4 Å². The van der Waals surface area contributed by atoms with Gasteiger partial charge in [0.05, 0.1) is 0 Å². The Morgan fingerprint density at radius 2 is 1.55 bits per heavy atom. The van der Waals surface area contributed by atoms with Crippen LogP contribution in [0.4, 0.5) is 4.79 Å². The first-order chi connectivity index (χ1) is 16.1. The van der Waals surface area contributed by atoms with E-state index in [9.17, 15) is 14.7 Å². The molecule has 0 aliphatic heterocycles. The molecule has 1 atom stereocenters. The maximum atomic E-state index is 12.3. The van der Waals surface area contributed by atoms with Crippen LogP contribution in [0, 0.1) is 0 Å². The highest BCUT2D eigenvalue weighted by molar-refractivity contribution is 5.79. The zero-order chi connectivity index (χ0) is 23.6. The molecule has 0 fully saturated rings. The highest BCUT2D eigenvalue weighted by atomic mass is 16.5. The number of ether oxygens (including phenoxy) is 1. The lowest BCUT2D eigenvalue weighted by Gasteiger charge is -2.28. The molecule has 2 aromatic carbocycles. The molecule has 178 valence electrons. The Hall–Kier alpha value is -2.86. The molecule has 0 radical (unpaired) electrons. The van der Waals surface area contributed by atoms with E-state index in [2.05, 4.69) is 48.3 Å². The summed E-state index contributed by atoms with van der Waals surface area (Å²) in [7, 11) is 0. The van der Waals surface area contributed by atoms with Crippen LogP contribution in [0.15, 0.2) is 48.5 Å². The fourth-order valence-electron chi connectivity index (χ4n) is 4.76. The fourth-order valence-corrected chi connectivity index (χ4v) is 4.76. The van der Waals surface area contributed by atoms with Gasteiger partial charge in [0.15, 0.2) is 0 Å². The van der Waals surface area contributed by atoms with E-state index in [-0.39, 0.29) is 5.92 Å². The van der Waals surface area contributed by atoms with Crippen LogP contribution in [0.5, 0.6) is 0 Å². The molecule has 33 heavy (non-hydrogen) atoms. The Morgan fingerprint density at radius 3 is 2.09 bits per heavy atom. The zero-order valence-electron chi connectivity index (χ0n) is 19.8. The summed E-state index contributed by atoms with van der Waals surface area (Å²) < 4.78 is 5.56. The van der Waals surface area contributed by atoms with Crippen LogP contribution in [-0.4, -0.2) is 54.4 Å². The molecule has 0 aromatic heterocycles. The molecule has 0 spiro atoms.